The van der Waals surface area contributed by atoms with E-state index in [1.165, 1.54) is 24.1 Å². The molecule has 22 heavy (non-hydrogen) atoms. The number of nitrogens with zero attached hydrogens (tertiary/aromatic N) is 2. The van der Waals surface area contributed by atoms with Gasteiger partial charge < -0.3 is 0 Å². The van der Waals surface area contributed by atoms with Crippen LogP contribution < -0.4 is 5.32 Å². The van der Waals surface area contributed by atoms with Crippen molar-refractivity contribution in [1.82, 2.24) is 10.2 Å². The Hall–Kier alpha value is -0.970. The first-order valence-electron chi connectivity index (χ1n) is 8.08. The van der Waals surface area contributed by atoms with Crippen molar-refractivity contribution >= 4 is 17.8 Å². The van der Waals surface area contributed by atoms with Gasteiger partial charge in [-0.15, -0.1) is 11.6 Å². The minimum atomic E-state index is -0.166. The third-order valence-electron chi connectivity index (χ3n) is 4.64. The summed E-state index contributed by atoms with van der Waals surface area (Å²) in [5, 5.41) is 3.33. The molecule has 0 aromatic heterocycles. The number of nitrogens with one attached hydrogen (secondary N) is 1. The second-order valence-corrected chi connectivity index (χ2v) is 6.74. The lowest BCUT2D eigenvalue weighted by molar-refractivity contribution is 0.144. The van der Waals surface area contributed by atoms with E-state index in [1.807, 2.05) is 18.3 Å². The first kappa shape index (κ1) is 15.9. The van der Waals surface area contributed by atoms with Crippen molar-refractivity contribution in [2.45, 2.75) is 37.4 Å². The van der Waals surface area contributed by atoms with Crippen LogP contribution in [0, 0.1) is 11.7 Å². The normalized spacial score (nSPS) is 29.1. The van der Waals surface area contributed by atoms with Gasteiger partial charge in [0.25, 0.3) is 0 Å². The van der Waals surface area contributed by atoms with Gasteiger partial charge in [0.15, 0.2) is 0 Å². The van der Waals surface area contributed by atoms with Crippen LogP contribution in [-0.2, 0) is 6.42 Å². The minimum Gasteiger partial charge on any atom is -0.290 e. The first-order valence-corrected chi connectivity index (χ1v) is 8.52. The molecule has 2 heterocycles. The molecule has 5 heteroatoms. The Bertz CT molecular complexity index is 505. The fraction of sp³-hybridized carbons (Fsp3) is 0.588. The highest BCUT2D eigenvalue weighted by Crippen LogP contribution is 2.29. The summed E-state index contributed by atoms with van der Waals surface area (Å²) in [5.41, 5.74) is 1.31. The molecular formula is C17H23ClFN3. The van der Waals surface area contributed by atoms with Crippen LogP contribution in [0.4, 0.5) is 4.39 Å². The van der Waals surface area contributed by atoms with Crippen LogP contribution in [0.5, 0.6) is 0 Å². The van der Waals surface area contributed by atoms with E-state index in [4.69, 9.17) is 11.6 Å². The van der Waals surface area contributed by atoms with Crippen LogP contribution >= 0.6 is 11.6 Å². The number of aliphatic imine (C=N–C) groups is 1. The number of benzene rings is 1. The van der Waals surface area contributed by atoms with E-state index >= 15 is 0 Å². The average molecular weight is 324 g/mol. The van der Waals surface area contributed by atoms with Gasteiger partial charge in [0.05, 0.1) is 5.50 Å². The predicted molar refractivity (Wildman–Crippen MR) is 88.9 cm³/mol. The third kappa shape index (κ3) is 4.28. The molecule has 120 valence electrons. The SMILES string of the molecule is Fc1ccc(CCC2CCN(CC3N=CCN3)C(Cl)C2)cc1. The van der Waals surface area contributed by atoms with E-state index in [1.54, 1.807) is 0 Å². The van der Waals surface area contributed by atoms with Crippen molar-refractivity contribution in [1.29, 1.82) is 0 Å². The van der Waals surface area contributed by atoms with Gasteiger partial charge in [0, 0.05) is 19.3 Å². The highest BCUT2D eigenvalue weighted by molar-refractivity contribution is 6.20. The van der Waals surface area contributed by atoms with E-state index in [9.17, 15) is 4.39 Å². The molecule has 0 radical (unpaired) electrons. The minimum absolute atomic E-state index is 0.101. The lowest BCUT2D eigenvalue weighted by atomic mass is 9.90. The van der Waals surface area contributed by atoms with Crippen molar-refractivity contribution in [3.8, 4) is 0 Å². The molecule has 1 fully saturated rings. The van der Waals surface area contributed by atoms with Gasteiger partial charge in [-0.25, -0.2) is 4.39 Å². The van der Waals surface area contributed by atoms with E-state index in [0.29, 0.717) is 5.92 Å². The number of likely N-dealkylation sites (tertiary alicyclic amines) is 1. The molecule has 1 aromatic carbocycles. The maximum Gasteiger partial charge on any atom is 0.123 e. The molecule has 0 aliphatic carbocycles. The van der Waals surface area contributed by atoms with Gasteiger partial charge in [0.1, 0.15) is 12.0 Å². The Kier molecular flexibility index (Phi) is 5.45. The summed E-state index contributed by atoms with van der Waals surface area (Å²) in [6.07, 6.45) is 6.48. The van der Waals surface area contributed by atoms with Gasteiger partial charge in [-0.3, -0.25) is 15.2 Å². The molecule has 1 saturated heterocycles. The van der Waals surface area contributed by atoms with E-state index in [-0.39, 0.29) is 17.5 Å². The van der Waals surface area contributed by atoms with Crippen molar-refractivity contribution in [3.05, 3.63) is 35.6 Å². The van der Waals surface area contributed by atoms with Gasteiger partial charge in [0.2, 0.25) is 0 Å². The zero-order valence-electron chi connectivity index (χ0n) is 12.7. The van der Waals surface area contributed by atoms with Crippen molar-refractivity contribution in [2.24, 2.45) is 10.9 Å². The summed E-state index contributed by atoms with van der Waals surface area (Å²) < 4.78 is 12.9. The number of hydrogen-bond donors (Lipinski definition) is 1. The van der Waals surface area contributed by atoms with Crippen LogP contribution in [0.1, 0.15) is 24.8 Å². The standard InChI is InChI=1S/C17H23ClFN3/c18-16-11-14(2-1-13-3-5-15(19)6-4-13)7-10-22(16)12-17-20-8-9-21-17/h3-6,8,14,16-17,21H,1-2,7,9-12H2. The smallest absolute Gasteiger partial charge is 0.123 e. The van der Waals surface area contributed by atoms with Gasteiger partial charge in [-0.2, -0.15) is 0 Å². The van der Waals surface area contributed by atoms with Gasteiger partial charge >= 0.3 is 0 Å². The number of aryl methyl sites for hydroxylation is 1. The molecule has 0 spiro atoms. The fourth-order valence-electron chi connectivity index (χ4n) is 3.28. The Balaban J connectivity index is 1.43. The number of rotatable bonds is 5. The van der Waals surface area contributed by atoms with Crippen LogP contribution in [0.2, 0.25) is 0 Å². The Morgan fingerprint density at radius 1 is 1.32 bits per heavy atom. The number of piperidine rings is 1. The molecule has 3 atom stereocenters. The highest BCUT2D eigenvalue weighted by Gasteiger charge is 2.28. The van der Waals surface area contributed by atoms with E-state index < -0.39 is 0 Å². The van der Waals surface area contributed by atoms with Gasteiger partial charge in [-0.1, -0.05) is 12.1 Å². The summed E-state index contributed by atoms with van der Waals surface area (Å²) in [5.74, 6) is 0.491. The monoisotopic (exact) mass is 323 g/mol. The average Bonchev–Trinajstić information content (AvgIpc) is 3.02. The molecular weight excluding hydrogens is 301 g/mol. The van der Waals surface area contributed by atoms with Crippen molar-refractivity contribution < 1.29 is 4.39 Å². The second-order valence-electron chi connectivity index (χ2n) is 6.24. The van der Waals surface area contributed by atoms with Crippen LogP contribution in [0.25, 0.3) is 0 Å². The molecule has 0 saturated carbocycles. The molecule has 1 aromatic rings. The molecule has 2 aliphatic heterocycles. The highest BCUT2D eigenvalue weighted by atomic mass is 35.5. The van der Waals surface area contributed by atoms with Gasteiger partial charge in [-0.05, 0) is 55.8 Å². The molecule has 0 amide bonds. The van der Waals surface area contributed by atoms with E-state index in [2.05, 4.69) is 15.2 Å². The first-order chi connectivity index (χ1) is 10.7. The van der Waals surface area contributed by atoms with Crippen LogP contribution in [0.15, 0.2) is 29.3 Å². The van der Waals surface area contributed by atoms with Crippen LogP contribution in [0.3, 0.4) is 0 Å². The zero-order chi connectivity index (χ0) is 15.4. The summed E-state index contributed by atoms with van der Waals surface area (Å²) in [7, 11) is 0. The Morgan fingerprint density at radius 3 is 2.82 bits per heavy atom. The topological polar surface area (TPSA) is 27.6 Å². The number of alkyl halides is 1. The summed E-state index contributed by atoms with van der Waals surface area (Å²) >= 11 is 6.56. The Morgan fingerprint density at radius 2 is 2.14 bits per heavy atom. The lowest BCUT2D eigenvalue weighted by Gasteiger charge is -2.37. The molecule has 3 unspecified atom stereocenters. The molecule has 2 aliphatic rings. The number of halogens is 2. The Labute approximate surface area is 136 Å². The zero-order valence-corrected chi connectivity index (χ0v) is 13.5. The molecule has 0 bridgehead atoms. The third-order valence-corrected chi connectivity index (χ3v) is 5.09. The number of hydrogen-bond acceptors (Lipinski definition) is 3. The second kappa shape index (κ2) is 7.53. The molecule has 3 nitrogen and oxygen atoms in total. The maximum atomic E-state index is 12.9. The summed E-state index contributed by atoms with van der Waals surface area (Å²) in [6.45, 7) is 2.80. The van der Waals surface area contributed by atoms with Crippen molar-refractivity contribution in [2.75, 3.05) is 19.6 Å². The predicted octanol–water partition coefficient (Wildman–Crippen LogP) is 3.04. The fourth-order valence-corrected chi connectivity index (χ4v) is 3.70. The van der Waals surface area contributed by atoms with Crippen LogP contribution in [-0.4, -0.2) is 42.4 Å². The lowest BCUT2D eigenvalue weighted by Crippen LogP contribution is -2.45. The summed E-state index contributed by atoms with van der Waals surface area (Å²) in [4.78, 5) is 6.73. The molecule has 3 rings (SSSR count). The summed E-state index contributed by atoms with van der Waals surface area (Å²) in [6, 6.07) is 6.84. The quantitative estimate of drug-likeness (QED) is 0.666. The molecule has 1 N–H and O–H groups in total. The van der Waals surface area contributed by atoms with Crippen molar-refractivity contribution in [3.63, 3.8) is 0 Å². The largest absolute Gasteiger partial charge is 0.290 e. The van der Waals surface area contributed by atoms with E-state index in [0.717, 1.165) is 38.9 Å². The maximum absolute atomic E-state index is 12.9.